The van der Waals surface area contributed by atoms with Crippen LogP contribution in [-0.4, -0.2) is 32.7 Å². The third-order valence-electron chi connectivity index (χ3n) is 3.42. The molecule has 2 aromatic heterocycles. The fourth-order valence-corrected chi connectivity index (χ4v) is 2.37. The van der Waals surface area contributed by atoms with Gasteiger partial charge >= 0.3 is 0 Å². The van der Waals surface area contributed by atoms with Gasteiger partial charge in [0.15, 0.2) is 17.0 Å². The van der Waals surface area contributed by atoms with Gasteiger partial charge in [0.1, 0.15) is 12.6 Å². The molecule has 20 heavy (non-hydrogen) atoms. The molecule has 0 bridgehead atoms. The number of ether oxygens (including phenoxy) is 1. The molecule has 0 aliphatic carbocycles. The Balaban J connectivity index is 1.85. The predicted molar refractivity (Wildman–Crippen MR) is 77.5 cm³/mol. The van der Waals surface area contributed by atoms with Crippen molar-refractivity contribution in [2.75, 3.05) is 18.5 Å². The second kappa shape index (κ2) is 5.58. The Bertz CT molecular complexity index is 615. The molecule has 0 saturated carbocycles. The average Bonchev–Trinajstić information content (AvgIpc) is 3.07. The second-order valence-electron chi connectivity index (χ2n) is 5.15. The lowest BCUT2D eigenvalue weighted by atomic mass is 10.2. The third-order valence-corrected chi connectivity index (χ3v) is 3.42. The summed E-state index contributed by atoms with van der Waals surface area (Å²) in [6.07, 6.45) is 6.42. The molecule has 3 rings (SSSR count). The van der Waals surface area contributed by atoms with Crippen molar-refractivity contribution in [3.05, 3.63) is 24.8 Å². The summed E-state index contributed by atoms with van der Waals surface area (Å²) in [5.41, 5.74) is 2.77. The first-order chi connectivity index (χ1) is 9.75. The van der Waals surface area contributed by atoms with Gasteiger partial charge in [0.05, 0.1) is 6.33 Å². The number of aromatic nitrogens is 4. The molecule has 1 saturated heterocycles. The van der Waals surface area contributed by atoms with E-state index in [-0.39, 0.29) is 6.23 Å². The monoisotopic (exact) mass is 273 g/mol. The van der Waals surface area contributed by atoms with E-state index in [1.54, 1.807) is 12.7 Å². The van der Waals surface area contributed by atoms with Gasteiger partial charge in [-0.1, -0.05) is 5.57 Å². The van der Waals surface area contributed by atoms with Crippen LogP contribution in [0, 0.1) is 0 Å². The number of hydrogen-bond donors (Lipinski definition) is 1. The first kappa shape index (κ1) is 13.1. The minimum atomic E-state index is 0.0539. The number of imidazole rings is 1. The van der Waals surface area contributed by atoms with Gasteiger partial charge in [-0.3, -0.25) is 4.57 Å². The van der Waals surface area contributed by atoms with E-state index in [0.717, 1.165) is 55.0 Å². The Kier molecular flexibility index (Phi) is 3.64. The Morgan fingerprint density at radius 3 is 3.15 bits per heavy atom. The molecule has 0 radical (unpaired) electrons. The highest BCUT2D eigenvalue weighted by Gasteiger charge is 2.21. The molecule has 0 amide bonds. The summed E-state index contributed by atoms with van der Waals surface area (Å²) in [6, 6.07) is 0. The smallest absolute Gasteiger partial charge is 0.167 e. The van der Waals surface area contributed by atoms with Gasteiger partial charge in [-0.05, 0) is 26.2 Å². The standard InChI is InChI=1S/C14H19N5O/c1-10(2)5-6-15-13-12-14(17-8-16-13)19(9-18-12)11-4-3-7-20-11/h8-9,11H,1,3-7H2,2H3,(H,15,16,17). The molecule has 106 valence electrons. The molecule has 0 aromatic carbocycles. The van der Waals surface area contributed by atoms with Crippen LogP contribution in [0.5, 0.6) is 0 Å². The van der Waals surface area contributed by atoms with Gasteiger partial charge in [0.2, 0.25) is 0 Å². The summed E-state index contributed by atoms with van der Waals surface area (Å²) >= 11 is 0. The summed E-state index contributed by atoms with van der Waals surface area (Å²) in [4.78, 5) is 13.1. The van der Waals surface area contributed by atoms with E-state index in [1.807, 2.05) is 11.5 Å². The van der Waals surface area contributed by atoms with Crippen molar-refractivity contribution in [3.8, 4) is 0 Å². The van der Waals surface area contributed by atoms with Crippen molar-refractivity contribution < 1.29 is 4.74 Å². The number of rotatable bonds is 5. The fraction of sp³-hybridized carbons (Fsp3) is 0.500. The van der Waals surface area contributed by atoms with E-state index in [9.17, 15) is 0 Å². The number of anilines is 1. The van der Waals surface area contributed by atoms with E-state index in [4.69, 9.17) is 4.74 Å². The first-order valence-corrected chi connectivity index (χ1v) is 6.93. The minimum Gasteiger partial charge on any atom is -0.368 e. The topological polar surface area (TPSA) is 64.9 Å². The van der Waals surface area contributed by atoms with Crippen molar-refractivity contribution in [3.63, 3.8) is 0 Å². The molecule has 1 unspecified atom stereocenters. The van der Waals surface area contributed by atoms with Crippen LogP contribution >= 0.6 is 0 Å². The van der Waals surface area contributed by atoms with E-state index < -0.39 is 0 Å². The molecule has 3 heterocycles. The van der Waals surface area contributed by atoms with Crippen LogP contribution in [0.4, 0.5) is 5.82 Å². The molecule has 2 aromatic rings. The summed E-state index contributed by atoms with van der Waals surface area (Å²) in [6.45, 7) is 7.52. The summed E-state index contributed by atoms with van der Waals surface area (Å²) in [7, 11) is 0. The van der Waals surface area contributed by atoms with Gasteiger partial charge in [-0.2, -0.15) is 0 Å². The lowest BCUT2D eigenvalue weighted by molar-refractivity contribution is 0.0593. The summed E-state index contributed by atoms with van der Waals surface area (Å²) in [5.74, 6) is 0.771. The summed E-state index contributed by atoms with van der Waals surface area (Å²) in [5, 5.41) is 3.29. The Morgan fingerprint density at radius 2 is 2.40 bits per heavy atom. The van der Waals surface area contributed by atoms with Crippen LogP contribution in [0.1, 0.15) is 32.4 Å². The zero-order valence-electron chi connectivity index (χ0n) is 11.7. The van der Waals surface area contributed by atoms with E-state index >= 15 is 0 Å². The van der Waals surface area contributed by atoms with Gasteiger partial charge < -0.3 is 10.1 Å². The zero-order valence-corrected chi connectivity index (χ0v) is 11.7. The fourth-order valence-electron chi connectivity index (χ4n) is 2.37. The van der Waals surface area contributed by atoms with Crippen LogP contribution in [0.3, 0.4) is 0 Å². The summed E-state index contributed by atoms with van der Waals surface area (Å²) < 4.78 is 7.68. The van der Waals surface area contributed by atoms with E-state index in [1.165, 1.54) is 0 Å². The van der Waals surface area contributed by atoms with Crippen LogP contribution in [0.15, 0.2) is 24.8 Å². The molecule has 0 spiro atoms. The van der Waals surface area contributed by atoms with Gasteiger partial charge in [0, 0.05) is 13.2 Å². The van der Waals surface area contributed by atoms with Crippen molar-refractivity contribution in [1.82, 2.24) is 19.5 Å². The highest BCUT2D eigenvalue weighted by molar-refractivity contribution is 5.82. The average molecular weight is 273 g/mol. The minimum absolute atomic E-state index is 0.0539. The number of nitrogens with zero attached hydrogens (tertiary/aromatic N) is 4. The maximum atomic E-state index is 5.69. The molecular weight excluding hydrogens is 254 g/mol. The third kappa shape index (κ3) is 2.51. The molecule has 6 heteroatoms. The van der Waals surface area contributed by atoms with Gasteiger partial charge in [0.25, 0.3) is 0 Å². The SMILES string of the molecule is C=C(C)CCNc1ncnc2c1ncn2C1CCCO1. The van der Waals surface area contributed by atoms with Crippen molar-refractivity contribution in [1.29, 1.82) is 0 Å². The normalized spacial score (nSPS) is 18.6. The van der Waals surface area contributed by atoms with E-state index in [0.29, 0.717) is 0 Å². The number of nitrogens with one attached hydrogen (secondary N) is 1. The molecular formula is C14H19N5O. The van der Waals surface area contributed by atoms with Crippen LogP contribution in [0.25, 0.3) is 11.2 Å². The van der Waals surface area contributed by atoms with Crippen LogP contribution < -0.4 is 5.32 Å². The molecule has 1 fully saturated rings. The Morgan fingerprint density at radius 1 is 1.50 bits per heavy atom. The first-order valence-electron chi connectivity index (χ1n) is 6.93. The number of hydrogen-bond acceptors (Lipinski definition) is 5. The van der Waals surface area contributed by atoms with Gasteiger partial charge in [-0.15, -0.1) is 6.58 Å². The second-order valence-corrected chi connectivity index (χ2v) is 5.15. The van der Waals surface area contributed by atoms with Crippen LogP contribution in [-0.2, 0) is 4.74 Å². The maximum absolute atomic E-state index is 5.69. The molecule has 1 aliphatic heterocycles. The molecule has 1 aliphatic rings. The Hall–Kier alpha value is -1.95. The predicted octanol–water partition coefficient (Wildman–Crippen LogP) is 2.51. The lowest BCUT2D eigenvalue weighted by Gasteiger charge is -2.11. The van der Waals surface area contributed by atoms with Crippen molar-refractivity contribution >= 4 is 17.0 Å². The highest BCUT2D eigenvalue weighted by atomic mass is 16.5. The molecule has 1 atom stereocenters. The lowest BCUT2D eigenvalue weighted by Crippen LogP contribution is -2.08. The van der Waals surface area contributed by atoms with Crippen molar-refractivity contribution in [2.24, 2.45) is 0 Å². The number of fused-ring (bicyclic) bond motifs is 1. The highest BCUT2D eigenvalue weighted by Crippen LogP contribution is 2.27. The van der Waals surface area contributed by atoms with Crippen LogP contribution in [0.2, 0.25) is 0 Å². The Labute approximate surface area is 117 Å². The van der Waals surface area contributed by atoms with E-state index in [2.05, 4.69) is 26.8 Å². The van der Waals surface area contributed by atoms with Crippen molar-refractivity contribution in [2.45, 2.75) is 32.4 Å². The largest absolute Gasteiger partial charge is 0.368 e. The van der Waals surface area contributed by atoms with Gasteiger partial charge in [-0.25, -0.2) is 15.0 Å². The zero-order chi connectivity index (χ0) is 13.9. The quantitative estimate of drug-likeness (QED) is 0.848. The molecule has 1 N–H and O–H groups in total. The maximum Gasteiger partial charge on any atom is 0.167 e. The molecule has 6 nitrogen and oxygen atoms in total.